The van der Waals surface area contributed by atoms with Gasteiger partial charge in [0.15, 0.2) is 24.0 Å². The number of halogens is 1. The number of carbonyl (C=O) groups is 4. The summed E-state index contributed by atoms with van der Waals surface area (Å²) >= 11 is 1.35. The maximum Gasteiger partial charge on any atom is 0.290 e. The number of carboxylic acid groups (broad SMARTS) is 1. The molecular weight excluding hydrogens is 529 g/mol. The van der Waals surface area contributed by atoms with Crippen molar-refractivity contribution in [1.29, 1.82) is 0 Å². The molecule has 11 nitrogen and oxygen atoms in total. The minimum atomic E-state index is -1.48. The number of nitrogens with two attached hydrogens (primary N) is 1. The number of aliphatic carboxylic acids is 1. The molecule has 0 aliphatic carbocycles. The molecule has 1 aromatic carbocycles. The van der Waals surface area contributed by atoms with Crippen molar-refractivity contribution in [2.75, 3.05) is 17.6 Å². The molecule has 4 heterocycles. The average molecular weight is 554 g/mol. The Kier molecular flexibility index (Phi) is 7.10. The first-order valence-electron chi connectivity index (χ1n) is 12.0. The normalized spacial score (nSPS) is 21.7. The second kappa shape index (κ2) is 10.5. The molecular formula is C26H24FN5O6S. The van der Waals surface area contributed by atoms with Crippen LogP contribution < -0.4 is 20.7 Å². The number of amides is 3. The third-order valence-electron chi connectivity index (χ3n) is 6.64. The summed E-state index contributed by atoms with van der Waals surface area (Å²) in [7, 11) is 0. The number of carboxylic acids is 1. The number of β-lactam (4-membered cyclic amide) rings is 1. The molecule has 39 heavy (non-hydrogen) atoms. The van der Waals surface area contributed by atoms with E-state index in [1.807, 2.05) is 6.07 Å². The number of nitrogens with zero attached hydrogens (tertiary/aromatic N) is 3. The van der Waals surface area contributed by atoms with Gasteiger partial charge in [0.05, 0.1) is 18.2 Å². The third-order valence-corrected chi connectivity index (χ3v) is 7.97. The number of carbonyl (C=O) groups excluding carboxylic acids is 4. The molecule has 13 heteroatoms. The number of nitrogens with one attached hydrogen (secondary N) is 1. The van der Waals surface area contributed by atoms with Crippen LogP contribution in [-0.4, -0.2) is 62.3 Å². The molecule has 4 N–H and O–H groups in total. The fraction of sp³-hybridized carbons (Fsp3) is 0.269. The number of hydrogen-bond acceptors (Lipinski definition) is 8. The molecule has 5 rings (SSSR count). The van der Waals surface area contributed by atoms with Gasteiger partial charge in [0.1, 0.15) is 11.4 Å². The Morgan fingerprint density at radius 3 is 2.85 bits per heavy atom. The van der Waals surface area contributed by atoms with E-state index in [1.165, 1.54) is 23.9 Å². The number of likely N-dealkylation sites (tertiary alicyclic amines) is 1. The highest BCUT2D eigenvalue weighted by atomic mass is 32.2. The predicted molar refractivity (Wildman–Crippen MR) is 135 cm³/mol. The van der Waals surface area contributed by atoms with E-state index in [1.54, 1.807) is 27.9 Å². The van der Waals surface area contributed by atoms with E-state index in [2.05, 4.69) is 5.32 Å². The SMILES string of the molecule is N[C@@H]1C(=O)N2C(C(=O)[O-])=C(/C=C3\CCN(Cc4ccc[n+](CC(=O)Nc5ccc(O)c(F)c5)c4)C3=O)CS[C@H]12. The zero-order valence-corrected chi connectivity index (χ0v) is 21.3. The molecule has 3 aliphatic rings. The van der Waals surface area contributed by atoms with Crippen molar-refractivity contribution >= 4 is 41.1 Å². The fourth-order valence-electron chi connectivity index (χ4n) is 4.74. The van der Waals surface area contributed by atoms with Crippen LogP contribution in [0.4, 0.5) is 10.1 Å². The minimum absolute atomic E-state index is 0.0624. The van der Waals surface area contributed by atoms with Crippen LogP contribution in [0.3, 0.4) is 0 Å². The number of anilines is 1. The van der Waals surface area contributed by atoms with Gasteiger partial charge in [-0.2, -0.15) is 4.57 Å². The van der Waals surface area contributed by atoms with E-state index in [4.69, 9.17) is 5.73 Å². The van der Waals surface area contributed by atoms with Crippen molar-refractivity contribution in [3.8, 4) is 5.75 Å². The molecule has 2 fully saturated rings. The number of benzene rings is 1. The van der Waals surface area contributed by atoms with Gasteiger partial charge in [-0.1, -0.05) is 0 Å². The van der Waals surface area contributed by atoms with Crippen molar-refractivity contribution in [2.24, 2.45) is 5.73 Å². The smallest absolute Gasteiger partial charge is 0.290 e. The molecule has 2 saturated heterocycles. The Morgan fingerprint density at radius 1 is 1.31 bits per heavy atom. The van der Waals surface area contributed by atoms with Gasteiger partial charge in [-0.25, -0.2) is 4.39 Å². The Hall–Kier alpha value is -4.23. The van der Waals surface area contributed by atoms with Crippen LogP contribution in [0.1, 0.15) is 12.0 Å². The standard InChI is InChI=1S/C26H24FN5O6S/c27-18-9-17(3-4-19(18)33)29-20(34)12-30-6-1-2-14(10-30)11-31-7-5-15(23(31)35)8-16-13-39-25-21(28)24(36)32(25)22(16)26(37)38/h1-4,6,8-10,21,25H,5,7,11-13,28H2,(H2-,29,33,34,37,38)/b15-8+/t21-,25-/m1/s1. The first kappa shape index (κ1) is 26.4. The molecule has 202 valence electrons. The second-order valence-electron chi connectivity index (χ2n) is 9.34. The molecule has 0 radical (unpaired) electrons. The summed E-state index contributed by atoms with van der Waals surface area (Å²) in [6.45, 7) is 0.626. The number of thioether (sulfide) groups is 1. The number of aromatic nitrogens is 1. The lowest BCUT2D eigenvalue weighted by atomic mass is 10.0. The maximum atomic E-state index is 13.5. The van der Waals surface area contributed by atoms with Crippen molar-refractivity contribution in [3.63, 3.8) is 0 Å². The zero-order chi connectivity index (χ0) is 27.8. The summed E-state index contributed by atoms with van der Waals surface area (Å²) in [5.74, 6) is -3.69. The lowest BCUT2D eigenvalue weighted by molar-refractivity contribution is -0.684. The number of pyridine rings is 1. The zero-order valence-electron chi connectivity index (χ0n) is 20.5. The molecule has 0 saturated carbocycles. The summed E-state index contributed by atoms with van der Waals surface area (Å²) in [5.41, 5.74) is 7.29. The van der Waals surface area contributed by atoms with Crippen molar-refractivity contribution in [1.82, 2.24) is 9.80 Å². The highest BCUT2D eigenvalue weighted by molar-refractivity contribution is 8.00. The van der Waals surface area contributed by atoms with E-state index in [0.717, 1.165) is 22.6 Å². The molecule has 2 atom stereocenters. The van der Waals surface area contributed by atoms with Crippen LogP contribution in [0.25, 0.3) is 0 Å². The fourth-order valence-corrected chi connectivity index (χ4v) is 5.99. The molecule has 3 amide bonds. The minimum Gasteiger partial charge on any atom is -0.543 e. The van der Waals surface area contributed by atoms with E-state index < -0.39 is 40.8 Å². The number of rotatable bonds is 7. The van der Waals surface area contributed by atoms with Gasteiger partial charge in [0.2, 0.25) is 18.4 Å². The third kappa shape index (κ3) is 5.22. The van der Waals surface area contributed by atoms with Crippen LogP contribution in [0.5, 0.6) is 5.75 Å². The van der Waals surface area contributed by atoms with Gasteiger partial charge in [-0.05, 0) is 36.3 Å². The van der Waals surface area contributed by atoms with Crippen LogP contribution >= 0.6 is 11.8 Å². The van der Waals surface area contributed by atoms with Gasteiger partial charge in [0.25, 0.3) is 5.91 Å². The molecule has 1 aromatic heterocycles. The highest BCUT2D eigenvalue weighted by Crippen LogP contribution is 2.40. The van der Waals surface area contributed by atoms with Gasteiger partial charge in [0, 0.05) is 41.3 Å². The molecule has 0 unspecified atom stereocenters. The second-order valence-corrected chi connectivity index (χ2v) is 10.4. The van der Waals surface area contributed by atoms with E-state index >= 15 is 0 Å². The van der Waals surface area contributed by atoms with Gasteiger partial charge in [-0.3, -0.25) is 19.3 Å². The predicted octanol–water partition coefficient (Wildman–Crippen LogP) is -0.637. The summed E-state index contributed by atoms with van der Waals surface area (Å²) < 4.78 is 15.1. The van der Waals surface area contributed by atoms with Crippen molar-refractivity contribution < 1.29 is 38.3 Å². The van der Waals surface area contributed by atoms with Gasteiger partial charge >= 0.3 is 0 Å². The Labute approximate surface area is 226 Å². The first-order chi connectivity index (χ1) is 18.6. The number of phenolic OH excluding ortho intramolecular Hbond substituents is 1. The van der Waals surface area contributed by atoms with Gasteiger partial charge < -0.3 is 31.0 Å². The molecule has 3 aliphatic heterocycles. The Bertz CT molecular complexity index is 1460. The van der Waals surface area contributed by atoms with E-state index in [-0.39, 0.29) is 30.4 Å². The quantitative estimate of drug-likeness (QED) is 0.177. The number of phenols is 1. The lowest BCUT2D eigenvalue weighted by Crippen LogP contribution is -2.69. The summed E-state index contributed by atoms with van der Waals surface area (Å²) in [4.78, 5) is 52.2. The Balaban J connectivity index is 1.25. The first-order valence-corrected chi connectivity index (χ1v) is 13.1. The molecule has 0 bridgehead atoms. The summed E-state index contributed by atoms with van der Waals surface area (Å²) in [5, 5.41) is 23.2. The average Bonchev–Trinajstić information content (AvgIpc) is 3.23. The van der Waals surface area contributed by atoms with Crippen LogP contribution in [-0.2, 0) is 32.3 Å². The maximum absolute atomic E-state index is 13.5. The lowest BCUT2D eigenvalue weighted by Gasteiger charge is -2.49. The topological polar surface area (TPSA) is 160 Å². The number of fused-ring (bicyclic) bond motifs is 1. The molecule has 0 spiro atoms. The van der Waals surface area contributed by atoms with Gasteiger partial charge in [-0.15, -0.1) is 11.8 Å². The van der Waals surface area contributed by atoms with E-state index in [0.29, 0.717) is 29.9 Å². The van der Waals surface area contributed by atoms with Crippen LogP contribution in [0.2, 0.25) is 0 Å². The number of aromatic hydroxyl groups is 1. The van der Waals surface area contributed by atoms with Crippen molar-refractivity contribution in [2.45, 2.75) is 30.9 Å². The van der Waals surface area contributed by atoms with Crippen LogP contribution in [0.15, 0.2) is 65.6 Å². The molecule has 2 aromatic rings. The highest BCUT2D eigenvalue weighted by Gasteiger charge is 2.50. The Morgan fingerprint density at radius 2 is 2.10 bits per heavy atom. The number of allylic oxidation sites excluding steroid dienone is 1. The number of hydrogen-bond donors (Lipinski definition) is 3. The van der Waals surface area contributed by atoms with E-state index in [9.17, 15) is 33.8 Å². The van der Waals surface area contributed by atoms with Crippen LogP contribution in [0, 0.1) is 5.82 Å². The van der Waals surface area contributed by atoms with Crippen molar-refractivity contribution in [3.05, 3.63) is 77.0 Å². The summed E-state index contributed by atoms with van der Waals surface area (Å²) in [6.07, 6.45) is 5.35. The largest absolute Gasteiger partial charge is 0.543 e. The summed E-state index contributed by atoms with van der Waals surface area (Å²) in [6, 6.07) is 6.35. The monoisotopic (exact) mass is 553 g/mol.